The number of aromatic nitrogens is 4. The molecule has 14 nitrogen and oxygen atoms in total. The van der Waals surface area contributed by atoms with Crippen molar-refractivity contribution in [2.24, 2.45) is 7.05 Å². The lowest BCUT2D eigenvalue weighted by atomic mass is 9.97. The minimum absolute atomic E-state index is 0.168. The number of thioether (sulfide) groups is 2. The summed E-state index contributed by atoms with van der Waals surface area (Å²) in [6.07, 6.45) is -4.67. The minimum atomic E-state index is -4.67. The van der Waals surface area contributed by atoms with Crippen LogP contribution in [0.15, 0.2) is 33.9 Å². The average molecular weight is 623 g/mol. The largest absolute Gasteiger partial charge is 0.477 e. The number of aryl methyl sites for hydroxylation is 1. The molecule has 216 valence electrons. The van der Waals surface area contributed by atoms with Crippen molar-refractivity contribution in [3.8, 4) is 0 Å². The highest BCUT2D eigenvalue weighted by Crippen LogP contribution is 2.47. The number of tetrazole rings is 1. The second-order valence-corrected chi connectivity index (χ2v) is 11.3. The summed E-state index contributed by atoms with van der Waals surface area (Å²) in [7, 11) is 2.77. The van der Waals surface area contributed by atoms with E-state index >= 15 is 0 Å². The Hall–Kier alpha value is -3.36. The molecule has 2 aromatic rings. The van der Waals surface area contributed by atoms with Gasteiger partial charge in [0.1, 0.15) is 23.7 Å². The molecule has 1 saturated heterocycles. The SMILES string of the molecule is CO[C@]1(NC(=O)C(NC(=O)NCC(F)(F)F)c2cccs2)C(=O)N2C(C(=O)O)=C(CSc3nnnn3C)CSC21. The van der Waals surface area contributed by atoms with E-state index < -0.39 is 53.7 Å². The van der Waals surface area contributed by atoms with Gasteiger partial charge >= 0.3 is 18.2 Å². The van der Waals surface area contributed by atoms with Crippen LogP contribution < -0.4 is 16.0 Å². The van der Waals surface area contributed by atoms with Gasteiger partial charge in [-0.25, -0.2) is 14.3 Å². The van der Waals surface area contributed by atoms with Crippen LogP contribution in [0.5, 0.6) is 0 Å². The second kappa shape index (κ2) is 11.6. The number of fused-ring (bicyclic) bond motifs is 1. The van der Waals surface area contributed by atoms with Gasteiger partial charge in [-0.2, -0.15) is 13.2 Å². The Morgan fingerprint density at radius 2 is 2.12 bits per heavy atom. The Balaban J connectivity index is 1.53. The van der Waals surface area contributed by atoms with E-state index in [1.54, 1.807) is 23.8 Å². The number of urea groups is 1. The number of methoxy groups -OCH3 is 1. The highest BCUT2D eigenvalue weighted by molar-refractivity contribution is 8.01. The summed E-state index contributed by atoms with van der Waals surface area (Å²) < 4.78 is 44.4. The van der Waals surface area contributed by atoms with E-state index in [4.69, 9.17) is 4.74 Å². The van der Waals surface area contributed by atoms with Crippen LogP contribution in [0.1, 0.15) is 10.9 Å². The Kier molecular flexibility index (Phi) is 8.61. The molecule has 0 radical (unpaired) electrons. The zero-order valence-corrected chi connectivity index (χ0v) is 23.0. The molecule has 40 heavy (non-hydrogen) atoms. The third kappa shape index (κ3) is 5.88. The summed E-state index contributed by atoms with van der Waals surface area (Å²) in [5.41, 5.74) is -1.84. The van der Waals surface area contributed by atoms with E-state index in [9.17, 15) is 37.5 Å². The van der Waals surface area contributed by atoms with Gasteiger partial charge < -0.3 is 25.8 Å². The number of hydrogen-bond donors (Lipinski definition) is 4. The van der Waals surface area contributed by atoms with Crippen molar-refractivity contribution in [3.05, 3.63) is 33.7 Å². The number of carbonyl (C=O) groups excluding carboxylic acids is 3. The van der Waals surface area contributed by atoms with Crippen LogP contribution in [0.25, 0.3) is 0 Å². The summed E-state index contributed by atoms with van der Waals surface area (Å²) in [5, 5.41) is 28.3. The number of alkyl halides is 3. The molecule has 2 aliphatic rings. The van der Waals surface area contributed by atoms with E-state index in [2.05, 4.69) is 26.2 Å². The maximum atomic E-state index is 13.4. The summed E-state index contributed by atoms with van der Waals surface area (Å²) in [5.74, 6) is -2.84. The number of carboxylic acid groups (broad SMARTS) is 1. The van der Waals surface area contributed by atoms with Crippen molar-refractivity contribution >= 4 is 58.7 Å². The van der Waals surface area contributed by atoms with Crippen LogP contribution in [0, 0.1) is 0 Å². The Morgan fingerprint density at radius 1 is 1.38 bits per heavy atom. The number of rotatable bonds is 10. The van der Waals surface area contributed by atoms with Crippen molar-refractivity contribution < 1.29 is 42.2 Å². The molecule has 2 aliphatic heterocycles. The molecule has 3 atom stereocenters. The predicted molar refractivity (Wildman–Crippen MR) is 135 cm³/mol. The van der Waals surface area contributed by atoms with Crippen molar-refractivity contribution in [2.45, 2.75) is 28.5 Å². The first kappa shape index (κ1) is 29.6. The maximum absolute atomic E-state index is 13.4. The van der Waals surface area contributed by atoms with Gasteiger partial charge in [-0.15, -0.1) is 28.2 Å². The number of nitrogens with one attached hydrogen (secondary N) is 3. The molecule has 2 unspecified atom stereocenters. The Morgan fingerprint density at radius 3 is 2.70 bits per heavy atom. The molecule has 1 fully saturated rings. The fraction of sp³-hybridized carbons (Fsp3) is 0.450. The number of ether oxygens (including phenoxy) is 1. The molecular formula is C20H21F3N8O6S3. The van der Waals surface area contributed by atoms with Crippen molar-refractivity contribution in [1.82, 2.24) is 41.1 Å². The number of aliphatic carboxylic acids is 1. The molecule has 0 aliphatic carbocycles. The topological polar surface area (TPSA) is 181 Å². The molecule has 4 N–H and O–H groups in total. The van der Waals surface area contributed by atoms with Gasteiger partial charge in [0.25, 0.3) is 17.5 Å². The normalized spacial score (nSPS) is 21.4. The van der Waals surface area contributed by atoms with E-state index in [1.807, 2.05) is 0 Å². The summed E-state index contributed by atoms with van der Waals surface area (Å²) >= 11 is 3.37. The first-order valence-electron chi connectivity index (χ1n) is 11.2. The Labute approximate surface area is 236 Å². The van der Waals surface area contributed by atoms with Gasteiger partial charge in [0.15, 0.2) is 0 Å². The number of hydrogen-bond acceptors (Lipinski definition) is 11. The highest BCUT2D eigenvalue weighted by Gasteiger charge is 2.67. The Bertz CT molecular complexity index is 1340. The summed E-state index contributed by atoms with van der Waals surface area (Å²) in [6.45, 7) is -1.62. The molecule has 20 heteroatoms. The third-order valence-electron chi connectivity index (χ3n) is 5.71. The minimum Gasteiger partial charge on any atom is -0.477 e. The number of β-lactam (4-membered cyclic amide) rings is 1. The zero-order valence-electron chi connectivity index (χ0n) is 20.6. The maximum Gasteiger partial charge on any atom is 0.405 e. The third-order valence-corrected chi connectivity index (χ3v) is 9.12. The first-order valence-corrected chi connectivity index (χ1v) is 14.1. The first-order chi connectivity index (χ1) is 18.9. The molecule has 4 rings (SSSR count). The zero-order chi connectivity index (χ0) is 29.2. The number of thiophene rings is 1. The quantitative estimate of drug-likeness (QED) is 0.166. The van der Waals surface area contributed by atoms with Crippen LogP contribution in [-0.2, 0) is 26.2 Å². The summed E-state index contributed by atoms with van der Waals surface area (Å²) in [4.78, 5) is 52.3. The highest BCUT2D eigenvalue weighted by atomic mass is 32.2. The van der Waals surface area contributed by atoms with Gasteiger partial charge in [-0.1, -0.05) is 17.8 Å². The van der Waals surface area contributed by atoms with Crippen LogP contribution >= 0.6 is 34.9 Å². The van der Waals surface area contributed by atoms with Crippen LogP contribution in [0.2, 0.25) is 0 Å². The van der Waals surface area contributed by atoms with E-state index in [0.29, 0.717) is 10.7 Å². The molecule has 4 amide bonds. The number of carbonyl (C=O) groups is 4. The molecule has 0 saturated carbocycles. The molecule has 0 spiro atoms. The number of carboxylic acids is 1. The lowest BCUT2D eigenvalue weighted by molar-refractivity contribution is -0.192. The monoisotopic (exact) mass is 622 g/mol. The van der Waals surface area contributed by atoms with Crippen molar-refractivity contribution in [2.75, 3.05) is 25.2 Å². The molecular weight excluding hydrogens is 601 g/mol. The average Bonchev–Trinajstić information content (AvgIpc) is 3.58. The standard InChI is InChI=1S/C20H21F3N8O6S3/c1-30-18(27-28-29-30)40-7-9-6-39-16-20(37-2,15(35)31(16)12(9)14(33)34)26-13(32)11(10-4-3-5-38-10)25-17(36)24-8-19(21,22)23/h3-5,11,16H,6-8H2,1-2H3,(H,26,32)(H,33,34)(H2,24,25,36)/t11?,16?,20-/m1/s1. The smallest absolute Gasteiger partial charge is 0.405 e. The molecule has 4 heterocycles. The lowest BCUT2D eigenvalue weighted by Crippen LogP contribution is -2.81. The van der Waals surface area contributed by atoms with Gasteiger partial charge in [0, 0.05) is 30.5 Å². The molecule has 0 aromatic carbocycles. The second-order valence-electron chi connectivity index (χ2n) is 8.29. The molecule has 0 bridgehead atoms. The number of nitrogens with zero attached hydrogens (tertiary/aromatic N) is 5. The van der Waals surface area contributed by atoms with Crippen LogP contribution in [0.4, 0.5) is 18.0 Å². The fourth-order valence-corrected chi connectivity index (χ4v) is 7.09. The van der Waals surface area contributed by atoms with Crippen molar-refractivity contribution in [3.63, 3.8) is 0 Å². The van der Waals surface area contributed by atoms with E-state index in [1.165, 1.54) is 22.5 Å². The summed E-state index contributed by atoms with van der Waals surface area (Å²) in [6, 6.07) is 0.305. The number of amides is 4. The van der Waals surface area contributed by atoms with Crippen LogP contribution in [-0.4, -0.2) is 96.5 Å². The van der Waals surface area contributed by atoms with Crippen molar-refractivity contribution in [1.29, 1.82) is 0 Å². The molecule has 2 aromatic heterocycles. The predicted octanol–water partition coefficient (Wildman–Crippen LogP) is 0.679. The van der Waals surface area contributed by atoms with Crippen LogP contribution in [0.3, 0.4) is 0 Å². The van der Waals surface area contributed by atoms with E-state index in [-0.39, 0.29) is 22.1 Å². The lowest BCUT2D eigenvalue weighted by Gasteiger charge is -2.56. The van der Waals surface area contributed by atoms with Gasteiger partial charge in [0.05, 0.1) is 0 Å². The van der Waals surface area contributed by atoms with E-state index in [0.717, 1.165) is 35.1 Å². The van der Waals surface area contributed by atoms with Gasteiger partial charge in [0.2, 0.25) is 5.16 Å². The van der Waals surface area contributed by atoms with Gasteiger partial charge in [-0.3, -0.25) is 14.5 Å². The fourth-order valence-electron chi connectivity index (χ4n) is 3.89. The van der Waals surface area contributed by atoms with Gasteiger partial charge in [-0.05, 0) is 27.4 Å². The number of halogens is 3.